The van der Waals surface area contributed by atoms with Gasteiger partial charge in [-0.3, -0.25) is 10.00 Å². The van der Waals surface area contributed by atoms with Crippen molar-refractivity contribution in [3.63, 3.8) is 0 Å². The summed E-state index contributed by atoms with van der Waals surface area (Å²) in [5.41, 5.74) is 4.43. The minimum atomic E-state index is -0.303. The third kappa shape index (κ3) is 4.74. The van der Waals surface area contributed by atoms with E-state index in [1.54, 1.807) is 23.4 Å². The summed E-state index contributed by atoms with van der Waals surface area (Å²) >= 11 is 0. The molecule has 2 aromatic heterocycles. The van der Waals surface area contributed by atoms with Crippen LogP contribution in [0.25, 0.3) is 10.9 Å². The molecule has 31 heavy (non-hydrogen) atoms. The zero-order chi connectivity index (χ0) is 21.8. The molecule has 0 saturated heterocycles. The van der Waals surface area contributed by atoms with Gasteiger partial charge >= 0.3 is 6.03 Å². The van der Waals surface area contributed by atoms with Crippen molar-refractivity contribution in [2.75, 3.05) is 11.4 Å². The fourth-order valence-corrected chi connectivity index (χ4v) is 3.52. The first-order valence-corrected chi connectivity index (χ1v) is 10.2. The third-order valence-electron chi connectivity index (χ3n) is 5.31. The molecule has 2 N–H and O–H groups in total. The van der Waals surface area contributed by atoms with Crippen LogP contribution in [0.5, 0.6) is 0 Å². The Hall–Kier alpha value is -3.68. The van der Waals surface area contributed by atoms with E-state index in [0.717, 1.165) is 46.5 Å². The summed E-state index contributed by atoms with van der Waals surface area (Å²) in [4.78, 5) is 18.8. The number of imidazole rings is 1. The number of aromatic nitrogens is 4. The lowest BCUT2D eigenvalue weighted by Gasteiger charge is -2.23. The van der Waals surface area contributed by atoms with Crippen molar-refractivity contribution < 1.29 is 9.18 Å². The Morgan fingerprint density at radius 2 is 2.00 bits per heavy atom. The first kappa shape index (κ1) is 20.6. The van der Waals surface area contributed by atoms with Crippen LogP contribution in [0.4, 0.5) is 14.9 Å². The number of halogens is 1. The first-order chi connectivity index (χ1) is 15.0. The van der Waals surface area contributed by atoms with E-state index >= 15 is 0 Å². The molecule has 160 valence electrons. The number of amides is 2. The molecule has 0 aliphatic rings. The Morgan fingerprint density at radius 1 is 1.19 bits per heavy atom. The second-order valence-corrected chi connectivity index (χ2v) is 7.58. The number of nitrogens with one attached hydrogen (secondary N) is 2. The summed E-state index contributed by atoms with van der Waals surface area (Å²) in [7, 11) is 0. The molecule has 2 aromatic carbocycles. The summed E-state index contributed by atoms with van der Waals surface area (Å²) in [6.45, 7) is 5.59. The Kier molecular flexibility index (Phi) is 5.97. The van der Waals surface area contributed by atoms with Gasteiger partial charge in [-0.05, 0) is 56.2 Å². The number of carbonyl (C=O) groups is 1. The molecule has 0 atom stereocenters. The normalized spacial score (nSPS) is 11.1. The maximum absolute atomic E-state index is 13.3. The Labute approximate surface area is 179 Å². The van der Waals surface area contributed by atoms with Crippen molar-refractivity contribution in [2.45, 2.75) is 33.4 Å². The number of carbonyl (C=O) groups excluding carboxylic acids is 1. The highest BCUT2D eigenvalue weighted by atomic mass is 19.1. The van der Waals surface area contributed by atoms with Crippen molar-refractivity contribution in [3.05, 3.63) is 77.8 Å². The maximum atomic E-state index is 13.3. The number of H-pyrrole nitrogens is 1. The molecule has 0 saturated carbocycles. The Bertz CT molecular complexity index is 1180. The fourth-order valence-electron chi connectivity index (χ4n) is 3.52. The molecule has 0 spiro atoms. The number of nitrogens with zero attached hydrogens (tertiary/aromatic N) is 4. The zero-order valence-electron chi connectivity index (χ0n) is 17.6. The molecule has 8 heteroatoms. The molecular weight excluding hydrogens is 395 g/mol. The van der Waals surface area contributed by atoms with Crippen LogP contribution in [-0.4, -0.2) is 32.3 Å². The van der Waals surface area contributed by atoms with Crippen LogP contribution in [0.15, 0.2) is 55.0 Å². The van der Waals surface area contributed by atoms with Gasteiger partial charge in [0.2, 0.25) is 0 Å². The highest BCUT2D eigenvalue weighted by Crippen LogP contribution is 2.24. The summed E-state index contributed by atoms with van der Waals surface area (Å²) < 4.78 is 15.4. The van der Waals surface area contributed by atoms with E-state index in [2.05, 4.69) is 25.1 Å². The van der Waals surface area contributed by atoms with Crippen LogP contribution in [0, 0.1) is 19.7 Å². The first-order valence-electron chi connectivity index (χ1n) is 10.2. The highest BCUT2D eigenvalue weighted by molar-refractivity contribution is 5.95. The smallest absolute Gasteiger partial charge is 0.322 e. The van der Waals surface area contributed by atoms with Gasteiger partial charge in [0.1, 0.15) is 5.82 Å². The molecule has 0 fully saturated rings. The lowest BCUT2D eigenvalue weighted by atomic mass is 10.1. The zero-order valence-corrected chi connectivity index (χ0v) is 17.6. The van der Waals surface area contributed by atoms with Gasteiger partial charge in [0, 0.05) is 41.7 Å². The SMILES string of the molecule is Cc1[nH]nc2cc(N(Cc3ccc(F)cc3)C(=O)NCCCn3cncc3C)ccc12. The number of urea groups is 1. The van der Waals surface area contributed by atoms with Crippen LogP contribution >= 0.6 is 0 Å². The van der Waals surface area contributed by atoms with E-state index in [1.807, 2.05) is 38.2 Å². The van der Waals surface area contributed by atoms with E-state index in [-0.39, 0.29) is 11.8 Å². The second kappa shape index (κ2) is 8.99. The summed E-state index contributed by atoms with van der Waals surface area (Å²) in [5.74, 6) is -0.303. The van der Waals surface area contributed by atoms with E-state index in [9.17, 15) is 9.18 Å². The number of hydrogen-bond acceptors (Lipinski definition) is 3. The van der Waals surface area contributed by atoms with Crippen molar-refractivity contribution in [1.29, 1.82) is 0 Å². The van der Waals surface area contributed by atoms with Crippen molar-refractivity contribution in [1.82, 2.24) is 25.1 Å². The molecule has 2 heterocycles. The minimum absolute atomic E-state index is 0.210. The van der Waals surface area contributed by atoms with Crippen LogP contribution < -0.4 is 10.2 Å². The monoisotopic (exact) mass is 420 g/mol. The number of aromatic amines is 1. The summed E-state index contributed by atoms with van der Waals surface area (Å²) in [5, 5.41) is 11.3. The molecule has 0 unspecified atom stereocenters. The fraction of sp³-hybridized carbons (Fsp3) is 0.261. The summed E-state index contributed by atoms with van der Waals surface area (Å²) in [6, 6.07) is 11.7. The van der Waals surface area contributed by atoms with E-state index in [1.165, 1.54) is 12.1 Å². The standard InChI is InChI=1S/C23H25FN6O/c1-16-13-25-15-29(16)11-3-10-26-23(31)30(14-18-4-6-19(24)7-5-18)20-8-9-21-17(2)27-28-22(21)12-20/h4-9,12-13,15H,3,10-11,14H2,1-2H3,(H,26,31)(H,27,28). The van der Waals surface area contributed by atoms with Crippen LogP contribution in [0.2, 0.25) is 0 Å². The predicted octanol–water partition coefficient (Wildman–Crippen LogP) is 4.32. The van der Waals surface area contributed by atoms with Gasteiger partial charge in [-0.15, -0.1) is 0 Å². The molecule has 0 radical (unpaired) electrons. The number of hydrogen-bond donors (Lipinski definition) is 2. The van der Waals surface area contributed by atoms with Gasteiger partial charge in [0.15, 0.2) is 0 Å². The molecule has 0 aliphatic heterocycles. The Balaban J connectivity index is 1.49. The second-order valence-electron chi connectivity index (χ2n) is 7.58. The average Bonchev–Trinajstić information content (AvgIpc) is 3.35. The molecular formula is C23H25FN6O. The molecule has 7 nitrogen and oxygen atoms in total. The van der Waals surface area contributed by atoms with Gasteiger partial charge in [-0.1, -0.05) is 12.1 Å². The largest absolute Gasteiger partial charge is 0.338 e. The van der Waals surface area contributed by atoms with Gasteiger partial charge in [-0.25, -0.2) is 14.2 Å². The lowest BCUT2D eigenvalue weighted by Crippen LogP contribution is -2.40. The maximum Gasteiger partial charge on any atom is 0.322 e. The van der Waals surface area contributed by atoms with E-state index in [4.69, 9.17) is 0 Å². The molecule has 2 amide bonds. The molecule has 4 rings (SSSR count). The topological polar surface area (TPSA) is 78.8 Å². The molecule has 0 aliphatic carbocycles. The van der Waals surface area contributed by atoms with Gasteiger partial charge in [0.05, 0.1) is 18.4 Å². The summed E-state index contributed by atoms with van der Waals surface area (Å²) in [6.07, 6.45) is 4.39. The highest BCUT2D eigenvalue weighted by Gasteiger charge is 2.17. The van der Waals surface area contributed by atoms with Crippen LogP contribution in [-0.2, 0) is 13.1 Å². The van der Waals surface area contributed by atoms with Crippen molar-refractivity contribution in [3.8, 4) is 0 Å². The van der Waals surface area contributed by atoms with Crippen LogP contribution in [0.3, 0.4) is 0 Å². The third-order valence-corrected chi connectivity index (χ3v) is 5.31. The van der Waals surface area contributed by atoms with Gasteiger partial charge < -0.3 is 9.88 Å². The van der Waals surface area contributed by atoms with Crippen molar-refractivity contribution in [2.24, 2.45) is 0 Å². The van der Waals surface area contributed by atoms with E-state index in [0.29, 0.717) is 13.1 Å². The number of aryl methyl sites for hydroxylation is 3. The van der Waals surface area contributed by atoms with Gasteiger partial charge in [-0.2, -0.15) is 5.10 Å². The molecule has 4 aromatic rings. The number of rotatable bonds is 7. The van der Waals surface area contributed by atoms with Gasteiger partial charge in [0.25, 0.3) is 0 Å². The Morgan fingerprint density at radius 3 is 2.74 bits per heavy atom. The van der Waals surface area contributed by atoms with Crippen LogP contribution in [0.1, 0.15) is 23.4 Å². The quantitative estimate of drug-likeness (QED) is 0.437. The molecule has 0 bridgehead atoms. The van der Waals surface area contributed by atoms with E-state index < -0.39 is 0 Å². The number of fused-ring (bicyclic) bond motifs is 1. The van der Waals surface area contributed by atoms with Crippen molar-refractivity contribution >= 4 is 22.6 Å². The number of anilines is 1. The minimum Gasteiger partial charge on any atom is -0.338 e. The predicted molar refractivity (Wildman–Crippen MR) is 118 cm³/mol. The number of benzene rings is 2. The average molecular weight is 420 g/mol. The lowest BCUT2D eigenvalue weighted by molar-refractivity contribution is 0.245.